The molecule has 0 aliphatic rings. The number of hydrogen-bond donors (Lipinski definition) is 0. The second kappa shape index (κ2) is 6.32. The standard InChI is InChI=1S/C13H16ClN3OS/c1-9(18-3)13-16-10(8-19-13)7-17(2)12-4-5-15-6-11(12)14/h4-6,8-9H,7H2,1-3H3. The number of methoxy groups -OCH3 is 1. The van der Waals surface area contributed by atoms with Crippen LogP contribution in [0.2, 0.25) is 5.02 Å². The van der Waals surface area contributed by atoms with E-state index in [0.717, 1.165) is 16.4 Å². The van der Waals surface area contributed by atoms with Crippen LogP contribution < -0.4 is 4.90 Å². The molecule has 0 spiro atoms. The maximum absolute atomic E-state index is 6.12. The van der Waals surface area contributed by atoms with E-state index in [0.29, 0.717) is 11.6 Å². The Bertz CT molecular complexity index is 546. The maximum atomic E-state index is 6.12. The SMILES string of the molecule is COC(C)c1nc(CN(C)c2ccncc2Cl)cs1. The van der Waals surface area contributed by atoms with Gasteiger partial charge in [0.2, 0.25) is 0 Å². The highest BCUT2D eigenvalue weighted by molar-refractivity contribution is 7.09. The first kappa shape index (κ1) is 14.2. The van der Waals surface area contributed by atoms with Gasteiger partial charge in [-0.1, -0.05) is 11.6 Å². The van der Waals surface area contributed by atoms with E-state index >= 15 is 0 Å². The molecule has 1 unspecified atom stereocenters. The molecule has 2 heterocycles. The molecule has 19 heavy (non-hydrogen) atoms. The zero-order valence-electron chi connectivity index (χ0n) is 11.1. The summed E-state index contributed by atoms with van der Waals surface area (Å²) in [6.07, 6.45) is 3.41. The van der Waals surface area contributed by atoms with Gasteiger partial charge in [0.25, 0.3) is 0 Å². The van der Waals surface area contributed by atoms with Crippen LogP contribution in [0.15, 0.2) is 23.8 Å². The molecule has 0 bridgehead atoms. The number of pyridine rings is 1. The first-order chi connectivity index (χ1) is 9.11. The predicted molar refractivity (Wildman–Crippen MR) is 78.9 cm³/mol. The Labute approximate surface area is 122 Å². The first-order valence-electron chi connectivity index (χ1n) is 5.89. The van der Waals surface area contributed by atoms with Crippen LogP contribution >= 0.6 is 22.9 Å². The van der Waals surface area contributed by atoms with Gasteiger partial charge in [-0.25, -0.2) is 4.98 Å². The van der Waals surface area contributed by atoms with Gasteiger partial charge in [-0.2, -0.15) is 0 Å². The number of anilines is 1. The molecule has 0 aliphatic heterocycles. The Kier molecular flexibility index (Phi) is 4.74. The summed E-state index contributed by atoms with van der Waals surface area (Å²) in [6.45, 7) is 2.70. The number of rotatable bonds is 5. The molecule has 6 heteroatoms. The largest absolute Gasteiger partial charge is 0.375 e. The van der Waals surface area contributed by atoms with Crippen molar-refractivity contribution in [1.82, 2.24) is 9.97 Å². The highest BCUT2D eigenvalue weighted by Crippen LogP contribution is 2.26. The number of ether oxygens (including phenoxy) is 1. The Morgan fingerprint density at radius 1 is 1.53 bits per heavy atom. The molecule has 0 N–H and O–H groups in total. The van der Waals surface area contributed by atoms with E-state index < -0.39 is 0 Å². The van der Waals surface area contributed by atoms with Gasteiger partial charge in [0.1, 0.15) is 11.1 Å². The minimum absolute atomic E-state index is 0.0357. The zero-order valence-corrected chi connectivity index (χ0v) is 12.7. The number of hydrogen-bond acceptors (Lipinski definition) is 5. The van der Waals surface area contributed by atoms with Crippen molar-refractivity contribution in [1.29, 1.82) is 0 Å². The lowest BCUT2D eigenvalue weighted by molar-refractivity contribution is 0.119. The molecular weight excluding hydrogens is 282 g/mol. The van der Waals surface area contributed by atoms with Crippen molar-refractivity contribution in [3.63, 3.8) is 0 Å². The van der Waals surface area contributed by atoms with Crippen LogP contribution in [0.5, 0.6) is 0 Å². The third-order valence-electron chi connectivity index (χ3n) is 2.83. The number of halogens is 1. The molecule has 0 saturated carbocycles. The Morgan fingerprint density at radius 3 is 3.00 bits per heavy atom. The van der Waals surface area contributed by atoms with Crippen molar-refractivity contribution < 1.29 is 4.74 Å². The summed E-state index contributed by atoms with van der Waals surface area (Å²) < 4.78 is 5.26. The zero-order chi connectivity index (χ0) is 13.8. The average molecular weight is 298 g/mol. The lowest BCUT2D eigenvalue weighted by Crippen LogP contribution is -2.17. The summed E-state index contributed by atoms with van der Waals surface area (Å²) in [4.78, 5) is 10.6. The predicted octanol–water partition coefficient (Wildman–Crippen LogP) is 3.54. The van der Waals surface area contributed by atoms with E-state index in [1.807, 2.05) is 20.0 Å². The van der Waals surface area contributed by atoms with Crippen LogP contribution in [0.1, 0.15) is 23.7 Å². The number of aromatic nitrogens is 2. The van der Waals surface area contributed by atoms with Gasteiger partial charge < -0.3 is 9.64 Å². The van der Waals surface area contributed by atoms with Gasteiger partial charge in [-0.3, -0.25) is 4.98 Å². The second-order valence-corrected chi connectivity index (χ2v) is 5.54. The fourth-order valence-corrected chi connectivity index (χ4v) is 2.79. The highest BCUT2D eigenvalue weighted by Gasteiger charge is 2.12. The Balaban J connectivity index is 2.09. The molecule has 0 saturated heterocycles. The third-order valence-corrected chi connectivity index (χ3v) is 4.18. The van der Waals surface area contributed by atoms with Crippen molar-refractivity contribution in [2.45, 2.75) is 19.6 Å². The molecule has 2 aromatic heterocycles. The van der Waals surface area contributed by atoms with Crippen molar-refractivity contribution in [2.75, 3.05) is 19.1 Å². The van der Waals surface area contributed by atoms with E-state index in [2.05, 4.69) is 20.2 Å². The van der Waals surface area contributed by atoms with Gasteiger partial charge in [0.15, 0.2) is 0 Å². The van der Waals surface area contributed by atoms with Gasteiger partial charge in [0.05, 0.1) is 22.9 Å². The lowest BCUT2D eigenvalue weighted by atomic mass is 10.3. The van der Waals surface area contributed by atoms with E-state index in [9.17, 15) is 0 Å². The van der Waals surface area contributed by atoms with Crippen LogP contribution in [0.3, 0.4) is 0 Å². The van der Waals surface area contributed by atoms with Crippen LogP contribution in [0, 0.1) is 0 Å². The minimum Gasteiger partial charge on any atom is -0.375 e. The molecule has 4 nitrogen and oxygen atoms in total. The number of thiazole rings is 1. The van der Waals surface area contributed by atoms with Gasteiger partial charge in [-0.15, -0.1) is 11.3 Å². The molecule has 0 aliphatic carbocycles. The van der Waals surface area contributed by atoms with Gasteiger partial charge >= 0.3 is 0 Å². The van der Waals surface area contributed by atoms with Gasteiger partial charge in [0, 0.05) is 31.9 Å². The highest BCUT2D eigenvalue weighted by atomic mass is 35.5. The van der Waals surface area contributed by atoms with Crippen LogP contribution in [0.4, 0.5) is 5.69 Å². The van der Waals surface area contributed by atoms with E-state index in [-0.39, 0.29) is 6.10 Å². The minimum atomic E-state index is 0.0357. The monoisotopic (exact) mass is 297 g/mol. The quantitative estimate of drug-likeness (QED) is 0.846. The van der Waals surface area contributed by atoms with Crippen molar-refractivity contribution >= 4 is 28.6 Å². The normalized spacial score (nSPS) is 12.4. The second-order valence-electron chi connectivity index (χ2n) is 4.24. The van der Waals surface area contributed by atoms with E-state index in [4.69, 9.17) is 16.3 Å². The average Bonchev–Trinajstić information content (AvgIpc) is 2.86. The van der Waals surface area contributed by atoms with Crippen molar-refractivity contribution in [2.24, 2.45) is 0 Å². The van der Waals surface area contributed by atoms with Gasteiger partial charge in [-0.05, 0) is 13.0 Å². The molecule has 0 amide bonds. The summed E-state index contributed by atoms with van der Waals surface area (Å²) in [5.41, 5.74) is 1.96. The maximum Gasteiger partial charge on any atom is 0.122 e. The summed E-state index contributed by atoms with van der Waals surface area (Å²) in [5, 5.41) is 3.69. The molecular formula is C13H16ClN3OS. The molecule has 1 atom stereocenters. The molecule has 102 valence electrons. The fraction of sp³-hybridized carbons (Fsp3) is 0.385. The Hall–Kier alpha value is -1.17. The summed E-state index contributed by atoms with van der Waals surface area (Å²) in [5.74, 6) is 0. The third kappa shape index (κ3) is 3.43. The smallest absolute Gasteiger partial charge is 0.122 e. The first-order valence-corrected chi connectivity index (χ1v) is 7.15. The summed E-state index contributed by atoms with van der Waals surface area (Å²) in [7, 11) is 3.68. The topological polar surface area (TPSA) is 38.2 Å². The molecule has 0 fully saturated rings. The lowest BCUT2D eigenvalue weighted by Gasteiger charge is -2.18. The molecule has 0 aromatic carbocycles. The summed E-state index contributed by atoms with van der Waals surface area (Å²) in [6, 6.07) is 1.90. The van der Waals surface area contributed by atoms with Crippen LogP contribution in [-0.4, -0.2) is 24.1 Å². The van der Waals surface area contributed by atoms with Crippen LogP contribution in [0.25, 0.3) is 0 Å². The molecule has 2 rings (SSSR count). The van der Waals surface area contributed by atoms with E-state index in [1.54, 1.807) is 30.8 Å². The summed E-state index contributed by atoms with van der Waals surface area (Å²) >= 11 is 7.74. The molecule has 2 aromatic rings. The number of nitrogens with zero attached hydrogens (tertiary/aromatic N) is 3. The fourth-order valence-electron chi connectivity index (χ4n) is 1.69. The van der Waals surface area contributed by atoms with E-state index in [1.165, 1.54) is 0 Å². The van der Waals surface area contributed by atoms with Crippen molar-refractivity contribution in [3.05, 3.63) is 39.6 Å². The van der Waals surface area contributed by atoms with Crippen molar-refractivity contribution in [3.8, 4) is 0 Å². The Morgan fingerprint density at radius 2 is 2.32 bits per heavy atom. The van der Waals surface area contributed by atoms with Crippen LogP contribution in [-0.2, 0) is 11.3 Å². The molecule has 0 radical (unpaired) electrons.